The zero-order chi connectivity index (χ0) is 20.2. The lowest BCUT2D eigenvalue weighted by Gasteiger charge is -2.35. The normalized spacial score (nSPS) is 14.1. The van der Waals surface area contributed by atoms with Gasteiger partial charge in [0, 0.05) is 50.6 Å². The molecule has 0 saturated carbocycles. The van der Waals surface area contributed by atoms with E-state index in [1.54, 1.807) is 6.20 Å². The summed E-state index contributed by atoms with van der Waals surface area (Å²) < 4.78 is 7.95. The van der Waals surface area contributed by atoms with Gasteiger partial charge in [-0.3, -0.25) is 4.79 Å². The second-order valence-electron chi connectivity index (χ2n) is 7.03. The van der Waals surface area contributed by atoms with Gasteiger partial charge in [-0.05, 0) is 29.8 Å². The molecule has 7 heteroatoms. The van der Waals surface area contributed by atoms with E-state index >= 15 is 0 Å². The van der Waals surface area contributed by atoms with Gasteiger partial charge in [-0.15, -0.1) is 0 Å². The number of halogens is 1. The third-order valence-corrected chi connectivity index (χ3v) is 5.32. The minimum absolute atomic E-state index is 0.00352. The highest BCUT2D eigenvalue weighted by Gasteiger charge is 2.25. The summed E-state index contributed by atoms with van der Waals surface area (Å²) >= 11 is 5.93. The van der Waals surface area contributed by atoms with Crippen molar-refractivity contribution in [1.29, 1.82) is 0 Å². The molecule has 0 spiro atoms. The highest BCUT2D eigenvalue weighted by molar-refractivity contribution is 6.30. The van der Waals surface area contributed by atoms with E-state index in [1.807, 2.05) is 71.2 Å². The van der Waals surface area contributed by atoms with Crippen LogP contribution in [0.3, 0.4) is 0 Å². The number of piperazine rings is 1. The number of carbonyl (C=O) groups excluding carboxylic acids is 1. The summed E-state index contributed by atoms with van der Waals surface area (Å²) in [6, 6.07) is 14.9. The van der Waals surface area contributed by atoms with Crippen LogP contribution in [0.25, 0.3) is 0 Å². The number of para-hydroxylation sites is 1. The van der Waals surface area contributed by atoms with Gasteiger partial charge in [0.1, 0.15) is 12.4 Å². The predicted molar refractivity (Wildman–Crippen MR) is 114 cm³/mol. The Morgan fingerprint density at radius 1 is 1.07 bits per heavy atom. The minimum atomic E-state index is -0.00352. The summed E-state index contributed by atoms with van der Waals surface area (Å²) in [5, 5.41) is 0.689. The number of imidazole rings is 1. The molecule has 29 heavy (non-hydrogen) atoms. The highest BCUT2D eigenvalue weighted by atomic mass is 35.5. The summed E-state index contributed by atoms with van der Waals surface area (Å²) in [6.07, 6.45) is 3.72. The number of carbonyl (C=O) groups is 1. The summed E-state index contributed by atoms with van der Waals surface area (Å²) in [7, 11) is 1.98. The molecule has 1 fully saturated rings. The quantitative estimate of drug-likeness (QED) is 0.644. The predicted octanol–water partition coefficient (Wildman–Crippen LogP) is 3.61. The smallest absolute Gasteiger partial charge is 0.257 e. The van der Waals surface area contributed by atoms with Crippen LogP contribution >= 0.6 is 11.6 Å². The largest absolute Gasteiger partial charge is 0.488 e. The highest BCUT2D eigenvalue weighted by Crippen LogP contribution is 2.23. The molecule has 0 atom stereocenters. The Balaban J connectivity index is 1.41. The van der Waals surface area contributed by atoms with Crippen LogP contribution in [0.15, 0.2) is 60.9 Å². The maximum Gasteiger partial charge on any atom is 0.257 e. The summed E-state index contributed by atoms with van der Waals surface area (Å²) in [4.78, 5) is 21.6. The number of hydrogen-bond acceptors (Lipinski definition) is 4. The molecule has 2 heterocycles. The maximum absolute atomic E-state index is 13.1. The third kappa shape index (κ3) is 4.38. The second-order valence-corrected chi connectivity index (χ2v) is 7.47. The molecule has 0 unspecified atom stereocenters. The number of anilines is 1. The number of aryl methyl sites for hydroxylation is 1. The fraction of sp³-hybridized carbons (Fsp3) is 0.273. The van der Waals surface area contributed by atoms with Crippen molar-refractivity contribution in [3.05, 3.63) is 77.1 Å². The average molecular weight is 411 g/mol. The van der Waals surface area contributed by atoms with Gasteiger partial charge in [-0.1, -0.05) is 35.9 Å². The first kappa shape index (κ1) is 19.3. The molecular weight excluding hydrogens is 388 g/mol. The van der Waals surface area contributed by atoms with Gasteiger partial charge < -0.3 is 19.1 Å². The van der Waals surface area contributed by atoms with Crippen molar-refractivity contribution in [1.82, 2.24) is 14.5 Å². The van der Waals surface area contributed by atoms with Gasteiger partial charge >= 0.3 is 0 Å². The molecule has 4 rings (SSSR count). The molecule has 3 aromatic rings. The Bertz CT molecular complexity index is 978. The van der Waals surface area contributed by atoms with E-state index in [1.165, 1.54) is 0 Å². The first-order valence-electron chi connectivity index (χ1n) is 9.59. The van der Waals surface area contributed by atoms with Gasteiger partial charge in [0.05, 0.1) is 5.56 Å². The molecule has 0 radical (unpaired) electrons. The van der Waals surface area contributed by atoms with E-state index in [0.717, 1.165) is 24.6 Å². The van der Waals surface area contributed by atoms with E-state index in [0.29, 0.717) is 36.0 Å². The number of nitrogens with zero attached hydrogens (tertiary/aromatic N) is 4. The van der Waals surface area contributed by atoms with Crippen molar-refractivity contribution in [3.63, 3.8) is 0 Å². The number of amides is 1. The molecule has 2 aromatic carbocycles. The number of rotatable bonds is 5. The molecule has 1 saturated heterocycles. The molecule has 0 aliphatic carbocycles. The number of benzene rings is 2. The second kappa shape index (κ2) is 8.57. The topological polar surface area (TPSA) is 50.6 Å². The Hall–Kier alpha value is -2.99. The first-order chi connectivity index (χ1) is 14.1. The zero-order valence-corrected chi connectivity index (χ0v) is 17.0. The summed E-state index contributed by atoms with van der Waals surface area (Å²) in [5.41, 5.74) is 1.59. The van der Waals surface area contributed by atoms with Crippen molar-refractivity contribution in [2.24, 2.45) is 7.05 Å². The van der Waals surface area contributed by atoms with Crippen LogP contribution in [0.4, 0.5) is 5.95 Å². The molecule has 150 valence electrons. The first-order valence-corrected chi connectivity index (χ1v) is 9.97. The summed E-state index contributed by atoms with van der Waals surface area (Å²) in [6.45, 7) is 3.19. The van der Waals surface area contributed by atoms with Crippen LogP contribution in [0.1, 0.15) is 15.9 Å². The molecule has 0 N–H and O–H groups in total. The fourth-order valence-electron chi connectivity index (χ4n) is 3.45. The maximum atomic E-state index is 13.1. The molecule has 1 amide bonds. The van der Waals surface area contributed by atoms with Crippen LogP contribution in [0, 0.1) is 0 Å². The number of aromatic nitrogens is 2. The lowest BCUT2D eigenvalue weighted by molar-refractivity contribution is 0.0741. The van der Waals surface area contributed by atoms with E-state index in [4.69, 9.17) is 16.3 Å². The van der Waals surface area contributed by atoms with Crippen LogP contribution in [0.5, 0.6) is 5.75 Å². The Kier molecular flexibility index (Phi) is 5.71. The van der Waals surface area contributed by atoms with Crippen LogP contribution in [-0.4, -0.2) is 46.5 Å². The molecule has 1 aliphatic heterocycles. The zero-order valence-electron chi connectivity index (χ0n) is 16.3. The fourth-order valence-corrected chi connectivity index (χ4v) is 3.58. The molecule has 1 aliphatic rings. The molecule has 1 aromatic heterocycles. The molecular formula is C22H23ClN4O2. The van der Waals surface area contributed by atoms with Crippen LogP contribution in [0.2, 0.25) is 5.02 Å². The van der Waals surface area contributed by atoms with Crippen molar-refractivity contribution < 1.29 is 9.53 Å². The van der Waals surface area contributed by atoms with Gasteiger partial charge in [-0.2, -0.15) is 0 Å². The van der Waals surface area contributed by atoms with Gasteiger partial charge in [0.2, 0.25) is 5.95 Å². The lowest BCUT2D eigenvalue weighted by Crippen LogP contribution is -2.49. The van der Waals surface area contributed by atoms with Crippen LogP contribution in [-0.2, 0) is 13.7 Å². The monoisotopic (exact) mass is 410 g/mol. The van der Waals surface area contributed by atoms with Crippen molar-refractivity contribution in [2.75, 3.05) is 31.1 Å². The standard InChI is InChI=1S/C22H23ClN4O2/c1-25-11-10-24-22(25)27-14-12-26(13-15-27)21(28)19-4-2-3-5-20(19)29-16-17-6-8-18(23)9-7-17/h2-11H,12-16H2,1H3. The van der Waals surface area contributed by atoms with E-state index < -0.39 is 0 Å². The van der Waals surface area contributed by atoms with Gasteiger partial charge in [0.25, 0.3) is 5.91 Å². The average Bonchev–Trinajstić information content (AvgIpc) is 3.19. The van der Waals surface area contributed by atoms with E-state index in [2.05, 4.69) is 9.88 Å². The van der Waals surface area contributed by atoms with Crippen molar-refractivity contribution in [2.45, 2.75) is 6.61 Å². The van der Waals surface area contributed by atoms with E-state index in [9.17, 15) is 4.79 Å². The Labute approximate surface area is 175 Å². The van der Waals surface area contributed by atoms with Gasteiger partial charge in [0.15, 0.2) is 0 Å². The van der Waals surface area contributed by atoms with Crippen molar-refractivity contribution >= 4 is 23.5 Å². The third-order valence-electron chi connectivity index (χ3n) is 5.07. The van der Waals surface area contributed by atoms with Crippen molar-refractivity contribution in [3.8, 4) is 5.75 Å². The lowest BCUT2D eigenvalue weighted by atomic mass is 10.1. The van der Waals surface area contributed by atoms with E-state index in [-0.39, 0.29) is 5.91 Å². The minimum Gasteiger partial charge on any atom is -0.488 e. The Morgan fingerprint density at radius 3 is 2.48 bits per heavy atom. The van der Waals surface area contributed by atoms with Crippen LogP contribution < -0.4 is 9.64 Å². The number of hydrogen-bond donors (Lipinski definition) is 0. The Morgan fingerprint density at radius 2 is 1.79 bits per heavy atom. The SMILES string of the molecule is Cn1ccnc1N1CCN(C(=O)c2ccccc2OCc2ccc(Cl)cc2)CC1. The summed E-state index contributed by atoms with van der Waals surface area (Å²) in [5.74, 6) is 1.53. The number of ether oxygens (including phenoxy) is 1. The molecule has 6 nitrogen and oxygen atoms in total. The molecule has 0 bridgehead atoms. The van der Waals surface area contributed by atoms with Gasteiger partial charge in [-0.25, -0.2) is 4.98 Å².